The zero-order valence-electron chi connectivity index (χ0n) is 16.5. The van der Waals surface area contributed by atoms with Crippen LogP contribution in [-0.2, 0) is 0 Å². The van der Waals surface area contributed by atoms with E-state index in [1.54, 1.807) is 24.3 Å². The van der Waals surface area contributed by atoms with Gasteiger partial charge in [-0.3, -0.25) is 0 Å². The Kier molecular flexibility index (Phi) is 7.33. The maximum Gasteiger partial charge on any atom is 0.319 e. The largest absolute Gasteiger partial charge is 0.338 e. The Bertz CT molecular complexity index is 907. The summed E-state index contributed by atoms with van der Waals surface area (Å²) < 4.78 is 18.0. The van der Waals surface area contributed by atoms with E-state index in [9.17, 15) is 9.18 Å². The Hall–Kier alpha value is -3.22. The van der Waals surface area contributed by atoms with Crippen LogP contribution >= 0.6 is 0 Å². The molecule has 3 aromatic rings. The molecule has 0 atom stereocenters. The molecule has 2 amide bonds. The van der Waals surface area contributed by atoms with Crippen molar-refractivity contribution in [2.45, 2.75) is 39.0 Å². The average molecular weight is 396 g/mol. The lowest BCUT2D eigenvalue weighted by Crippen LogP contribution is -2.29. The van der Waals surface area contributed by atoms with Crippen LogP contribution in [0, 0.1) is 5.82 Å². The van der Waals surface area contributed by atoms with E-state index in [4.69, 9.17) is 4.63 Å². The number of amides is 2. The molecule has 0 saturated carbocycles. The summed E-state index contributed by atoms with van der Waals surface area (Å²) in [5.74, 6) is -0.318. The molecule has 0 aliphatic carbocycles. The van der Waals surface area contributed by atoms with Gasteiger partial charge >= 0.3 is 6.03 Å². The number of nitrogens with zero attached hydrogens (tertiary/aromatic N) is 2. The summed E-state index contributed by atoms with van der Waals surface area (Å²) in [5.41, 5.74) is 3.26. The zero-order chi connectivity index (χ0) is 20.5. The van der Waals surface area contributed by atoms with Crippen LogP contribution in [0.3, 0.4) is 0 Å². The zero-order valence-corrected chi connectivity index (χ0v) is 16.5. The van der Waals surface area contributed by atoms with Crippen LogP contribution in [0.1, 0.15) is 39.0 Å². The first kappa shape index (κ1) is 20.5. The van der Waals surface area contributed by atoms with Crippen molar-refractivity contribution < 1.29 is 13.8 Å². The monoisotopic (exact) mass is 396 g/mol. The number of nitrogens with one attached hydrogen (secondary N) is 2. The van der Waals surface area contributed by atoms with Crippen molar-refractivity contribution in [3.63, 3.8) is 0 Å². The highest BCUT2D eigenvalue weighted by atomic mass is 19.1. The lowest BCUT2D eigenvalue weighted by atomic mass is 10.0. The highest BCUT2D eigenvalue weighted by molar-refractivity contribution is 5.89. The van der Waals surface area contributed by atoms with Gasteiger partial charge in [-0.05, 0) is 53.1 Å². The van der Waals surface area contributed by atoms with Crippen LogP contribution in [0.15, 0.2) is 53.2 Å². The van der Waals surface area contributed by atoms with Gasteiger partial charge in [0.2, 0.25) is 0 Å². The summed E-state index contributed by atoms with van der Waals surface area (Å²) in [6.07, 6.45) is 5.77. The highest BCUT2D eigenvalue weighted by Crippen LogP contribution is 2.29. The molecule has 0 radical (unpaired) electrons. The fourth-order valence-electron chi connectivity index (χ4n) is 2.99. The number of halogens is 1. The van der Waals surface area contributed by atoms with E-state index in [1.165, 1.54) is 31.4 Å². The predicted molar refractivity (Wildman–Crippen MR) is 111 cm³/mol. The predicted octanol–water partition coefficient (Wildman–Crippen LogP) is 5.63. The summed E-state index contributed by atoms with van der Waals surface area (Å²) in [6, 6.07) is 13.0. The Labute approximate surface area is 169 Å². The molecule has 0 unspecified atom stereocenters. The first-order valence-electron chi connectivity index (χ1n) is 9.91. The van der Waals surface area contributed by atoms with Gasteiger partial charge in [0.15, 0.2) is 0 Å². The quantitative estimate of drug-likeness (QED) is 0.459. The van der Waals surface area contributed by atoms with Crippen molar-refractivity contribution in [2.24, 2.45) is 0 Å². The number of carbonyl (C=O) groups excluding carboxylic acids is 1. The smallest absolute Gasteiger partial charge is 0.319 e. The van der Waals surface area contributed by atoms with Gasteiger partial charge in [-0.2, -0.15) is 0 Å². The first-order valence-corrected chi connectivity index (χ1v) is 9.91. The van der Waals surface area contributed by atoms with Crippen LogP contribution < -0.4 is 10.6 Å². The van der Waals surface area contributed by atoms with E-state index in [1.807, 2.05) is 12.1 Å². The molecule has 0 saturated heterocycles. The Morgan fingerprint density at radius 1 is 0.897 bits per heavy atom. The fraction of sp³-hybridized carbons (Fsp3) is 0.318. The van der Waals surface area contributed by atoms with E-state index in [2.05, 4.69) is 27.9 Å². The highest BCUT2D eigenvalue weighted by Gasteiger charge is 2.14. The second kappa shape index (κ2) is 10.4. The van der Waals surface area contributed by atoms with Crippen LogP contribution in [0.25, 0.3) is 22.5 Å². The minimum atomic E-state index is -0.318. The van der Waals surface area contributed by atoms with E-state index in [0.29, 0.717) is 29.2 Å². The third kappa shape index (κ3) is 5.88. The third-order valence-corrected chi connectivity index (χ3v) is 4.59. The van der Waals surface area contributed by atoms with Crippen molar-refractivity contribution in [3.05, 3.63) is 54.3 Å². The van der Waals surface area contributed by atoms with Gasteiger partial charge in [-0.1, -0.05) is 44.7 Å². The Morgan fingerprint density at radius 2 is 1.48 bits per heavy atom. The van der Waals surface area contributed by atoms with Gasteiger partial charge in [-0.25, -0.2) is 13.8 Å². The van der Waals surface area contributed by atoms with E-state index < -0.39 is 0 Å². The molecule has 0 fully saturated rings. The van der Waals surface area contributed by atoms with Crippen molar-refractivity contribution in [3.8, 4) is 22.5 Å². The number of hydrogen-bond donors (Lipinski definition) is 2. The summed E-state index contributed by atoms with van der Waals surface area (Å²) in [7, 11) is 0. The van der Waals surface area contributed by atoms with Crippen molar-refractivity contribution >= 4 is 11.7 Å². The molecular formula is C22H25FN4O2. The molecule has 0 aliphatic rings. The molecule has 3 rings (SSSR count). The molecule has 0 aliphatic heterocycles. The molecule has 152 valence electrons. The Morgan fingerprint density at radius 3 is 2.10 bits per heavy atom. The van der Waals surface area contributed by atoms with Crippen molar-refractivity contribution in [2.75, 3.05) is 11.9 Å². The number of benzene rings is 2. The molecule has 0 spiro atoms. The second-order valence-corrected chi connectivity index (χ2v) is 6.84. The lowest BCUT2D eigenvalue weighted by Gasteiger charge is -2.08. The molecule has 29 heavy (non-hydrogen) atoms. The summed E-state index contributed by atoms with van der Waals surface area (Å²) in [6.45, 7) is 2.85. The fourth-order valence-corrected chi connectivity index (χ4v) is 2.99. The Balaban J connectivity index is 1.56. The van der Waals surface area contributed by atoms with Gasteiger partial charge < -0.3 is 10.6 Å². The molecule has 2 aromatic carbocycles. The van der Waals surface area contributed by atoms with E-state index >= 15 is 0 Å². The molecular weight excluding hydrogens is 371 g/mol. The number of aromatic nitrogens is 2. The first-order chi connectivity index (χ1) is 14.2. The van der Waals surface area contributed by atoms with Crippen molar-refractivity contribution in [1.82, 2.24) is 15.6 Å². The minimum absolute atomic E-state index is 0.219. The van der Waals surface area contributed by atoms with Crippen molar-refractivity contribution in [1.29, 1.82) is 0 Å². The topological polar surface area (TPSA) is 80.0 Å². The number of urea groups is 1. The third-order valence-electron chi connectivity index (χ3n) is 4.59. The standard InChI is InChI=1S/C22H25FN4O2/c1-2-3-4-5-6-15-24-22(28)25-19-13-9-17(10-14-19)21-20(26-29-27-21)16-7-11-18(23)12-8-16/h7-14H,2-6,15H2,1H3,(H2,24,25,28). The molecule has 0 bridgehead atoms. The average Bonchev–Trinajstić information content (AvgIpc) is 3.21. The SMILES string of the molecule is CCCCCCCNC(=O)Nc1ccc(-c2nonc2-c2ccc(F)cc2)cc1. The number of anilines is 1. The minimum Gasteiger partial charge on any atom is -0.338 e. The van der Waals surface area contributed by atoms with Gasteiger partial charge in [0.05, 0.1) is 0 Å². The van der Waals surface area contributed by atoms with E-state index in [-0.39, 0.29) is 11.8 Å². The number of rotatable bonds is 9. The van der Waals surface area contributed by atoms with Gasteiger partial charge in [0.1, 0.15) is 17.2 Å². The van der Waals surface area contributed by atoms with Gasteiger partial charge in [0.25, 0.3) is 0 Å². The second-order valence-electron chi connectivity index (χ2n) is 6.84. The number of carbonyl (C=O) groups is 1. The molecule has 1 aromatic heterocycles. The lowest BCUT2D eigenvalue weighted by molar-refractivity contribution is 0.252. The van der Waals surface area contributed by atoms with Crippen LogP contribution in [0.4, 0.5) is 14.9 Å². The van der Waals surface area contributed by atoms with Crippen LogP contribution in [0.5, 0.6) is 0 Å². The molecule has 1 heterocycles. The molecule has 7 heteroatoms. The van der Waals surface area contributed by atoms with Crippen LogP contribution in [0.2, 0.25) is 0 Å². The van der Waals surface area contributed by atoms with Gasteiger partial charge in [0, 0.05) is 23.4 Å². The maximum atomic E-state index is 13.1. The molecule has 6 nitrogen and oxygen atoms in total. The summed E-state index contributed by atoms with van der Waals surface area (Å²) in [5, 5.41) is 13.6. The normalized spacial score (nSPS) is 10.7. The van der Waals surface area contributed by atoms with Gasteiger partial charge in [-0.15, -0.1) is 0 Å². The summed E-state index contributed by atoms with van der Waals surface area (Å²) >= 11 is 0. The maximum absolute atomic E-state index is 13.1. The summed E-state index contributed by atoms with van der Waals surface area (Å²) in [4.78, 5) is 12.0. The number of unbranched alkanes of at least 4 members (excludes halogenated alkanes) is 4. The van der Waals surface area contributed by atoms with E-state index in [0.717, 1.165) is 18.4 Å². The molecule has 2 N–H and O–H groups in total. The number of hydrogen-bond acceptors (Lipinski definition) is 4. The van der Waals surface area contributed by atoms with Crippen LogP contribution in [-0.4, -0.2) is 22.9 Å².